The van der Waals surface area contributed by atoms with Crippen LogP contribution in [0, 0.1) is 11.8 Å². The van der Waals surface area contributed by atoms with Crippen LogP contribution in [0.1, 0.15) is 13.8 Å². The van der Waals surface area contributed by atoms with Crippen molar-refractivity contribution in [1.82, 2.24) is 0 Å². The summed E-state index contributed by atoms with van der Waals surface area (Å²) in [5, 5.41) is 8.55. The molecule has 0 heterocycles. The van der Waals surface area contributed by atoms with Crippen LogP contribution in [0.15, 0.2) is 0 Å². The van der Waals surface area contributed by atoms with Crippen LogP contribution in [0.4, 0.5) is 0 Å². The Hall–Kier alpha value is -0.470. The van der Waals surface area contributed by atoms with E-state index in [9.17, 15) is 9.36 Å². The second-order valence-corrected chi connectivity index (χ2v) is 3.79. The first kappa shape index (κ1) is 10.5. The molecule has 0 fully saturated rings. The van der Waals surface area contributed by atoms with Gasteiger partial charge < -0.3 is 5.11 Å². The highest BCUT2D eigenvalue weighted by molar-refractivity contribution is 7.38. The van der Waals surface area contributed by atoms with Crippen molar-refractivity contribution in [1.29, 1.82) is 0 Å². The molecule has 0 aromatic heterocycles. The largest absolute Gasteiger partial charge is 0.506 e. The number of hydrogen-bond donors (Lipinski definition) is 2. The molecule has 0 aliphatic heterocycles. The van der Waals surface area contributed by atoms with E-state index in [0.717, 1.165) is 0 Å². The van der Waals surface area contributed by atoms with E-state index < -0.39 is 19.9 Å². The van der Waals surface area contributed by atoms with Gasteiger partial charge in [-0.25, -0.2) is 0 Å². The second-order valence-electron chi connectivity index (χ2n) is 2.72. The summed E-state index contributed by atoms with van der Waals surface area (Å²) < 4.78 is 10.3. The molecule has 2 N–H and O–H groups in total. The number of aliphatic carboxylic acids is 1. The van der Waals surface area contributed by atoms with Gasteiger partial charge in [0.25, 0.3) is 0 Å². The van der Waals surface area contributed by atoms with E-state index >= 15 is 0 Å². The third kappa shape index (κ3) is 4.06. The van der Waals surface area contributed by atoms with Gasteiger partial charge in [-0.1, -0.05) is 13.8 Å². The lowest BCUT2D eigenvalue weighted by atomic mass is 9.98. The summed E-state index contributed by atoms with van der Waals surface area (Å²) in [5.74, 6) is -1.81. The van der Waals surface area contributed by atoms with Crippen molar-refractivity contribution in [2.24, 2.45) is 11.8 Å². The minimum Gasteiger partial charge on any atom is -0.481 e. The van der Waals surface area contributed by atoms with E-state index in [0.29, 0.717) is 0 Å². The molecule has 0 aromatic carbocycles. The standard InChI is InChI=1S/C6H11O4P/c1-4(2)5(6(7)8)3-11(9)10/h4-5H,3H2,1-2H3,(H-,7,8,9,10)/p+1. The number of carboxylic acid groups (broad SMARTS) is 1. The minimum atomic E-state index is -2.34. The maximum Gasteiger partial charge on any atom is 0.506 e. The van der Waals surface area contributed by atoms with E-state index in [1.807, 2.05) is 0 Å². The monoisotopic (exact) mass is 179 g/mol. The van der Waals surface area contributed by atoms with Gasteiger partial charge >= 0.3 is 14.0 Å². The molecule has 11 heavy (non-hydrogen) atoms. The predicted molar refractivity (Wildman–Crippen MR) is 40.7 cm³/mol. The zero-order valence-electron chi connectivity index (χ0n) is 6.52. The Morgan fingerprint density at radius 3 is 2.09 bits per heavy atom. The van der Waals surface area contributed by atoms with E-state index in [-0.39, 0.29) is 12.1 Å². The summed E-state index contributed by atoms with van der Waals surface area (Å²) in [6.07, 6.45) is -0.150. The Labute approximate surface area is 66.1 Å². The highest BCUT2D eigenvalue weighted by Crippen LogP contribution is 2.23. The summed E-state index contributed by atoms with van der Waals surface area (Å²) in [5.41, 5.74) is 0. The molecule has 0 saturated heterocycles. The van der Waals surface area contributed by atoms with Gasteiger partial charge in [0, 0.05) is 0 Å². The molecule has 0 spiro atoms. The lowest BCUT2D eigenvalue weighted by molar-refractivity contribution is -0.142. The van der Waals surface area contributed by atoms with Crippen LogP contribution in [0.2, 0.25) is 0 Å². The van der Waals surface area contributed by atoms with Crippen molar-refractivity contribution < 1.29 is 19.4 Å². The molecule has 0 aromatic rings. The van der Waals surface area contributed by atoms with Crippen LogP contribution < -0.4 is 0 Å². The van der Waals surface area contributed by atoms with Gasteiger partial charge in [0.15, 0.2) is 6.16 Å². The van der Waals surface area contributed by atoms with Crippen molar-refractivity contribution in [3.8, 4) is 0 Å². The lowest BCUT2D eigenvalue weighted by Crippen LogP contribution is -2.21. The molecule has 64 valence electrons. The highest BCUT2D eigenvalue weighted by Gasteiger charge is 2.30. The zero-order chi connectivity index (χ0) is 9.02. The molecule has 0 bridgehead atoms. The van der Waals surface area contributed by atoms with Crippen LogP contribution in [0.25, 0.3) is 0 Å². The fourth-order valence-electron chi connectivity index (χ4n) is 0.742. The first-order valence-corrected chi connectivity index (χ1v) is 4.71. The van der Waals surface area contributed by atoms with Crippen LogP contribution in [0.5, 0.6) is 0 Å². The van der Waals surface area contributed by atoms with Gasteiger partial charge in [0.05, 0.1) is 0 Å². The summed E-state index contributed by atoms with van der Waals surface area (Å²) in [6.45, 7) is 3.44. The molecular formula is C6H12O4P+. The second kappa shape index (κ2) is 4.42. The van der Waals surface area contributed by atoms with Gasteiger partial charge in [-0.3, -0.25) is 4.79 Å². The first-order chi connectivity index (χ1) is 4.95. The Morgan fingerprint density at radius 1 is 1.55 bits per heavy atom. The van der Waals surface area contributed by atoms with Crippen LogP contribution >= 0.6 is 8.03 Å². The molecule has 0 amide bonds. The normalized spacial score (nSPS) is 14.7. The number of carboxylic acids is 1. The summed E-state index contributed by atoms with van der Waals surface area (Å²) >= 11 is 0. The minimum absolute atomic E-state index is 0.0985. The van der Waals surface area contributed by atoms with Gasteiger partial charge in [-0.2, -0.15) is 4.89 Å². The van der Waals surface area contributed by atoms with Crippen molar-refractivity contribution >= 4 is 14.0 Å². The molecular weight excluding hydrogens is 167 g/mol. The van der Waals surface area contributed by atoms with E-state index in [1.54, 1.807) is 13.8 Å². The first-order valence-electron chi connectivity index (χ1n) is 3.31. The van der Waals surface area contributed by atoms with Crippen LogP contribution in [-0.4, -0.2) is 22.1 Å². The molecule has 0 saturated carbocycles. The van der Waals surface area contributed by atoms with E-state index in [4.69, 9.17) is 10.00 Å². The number of carbonyl (C=O) groups is 1. The molecule has 2 atom stereocenters. The van der Waals surface area contributed by atoms with Crippen molar-refractivity contribution in [3.05, 3.63) is 0 Å². The SMILES string of the molecule is CC(C)C(C[P+](=O)O)C(=O)O. The fraction of sp³-hybridized carbons (Fsp3) is 0.833. The Balaban J connectivity index is 4.12. The molecule has 0 radical (unpaired) electrons. The fourth-order valence-corrected chi connectivity index (χ4v) is 1.66. The van der Waals surface area contributed by atoms with Gasteiger partial charge in [-0.05, 0) is 10.5 Å². The number of hydrogen-bond acceptors (Lipinski definition) is 2. The maximum absolute atomic E-state index is 10.4. The van der Waals surface area contributed by atoms with E-state index in [2.05, 4.69) is 0 Å². The maximum atomic E-state index is 10.4. The summed E-state index contributed by atoms with van der Waals surface area (Å²) in [7, 11) is -2.34. The van der Waals surface area contributed by atoms with E-state index in [1.165, 1.54) is 0 Å². The topological polar surface area (TPSA) is 74.6 Å². The lowest BCUT2D eigenvalue weighted by Gasteiger charge is -2.08. The van der Waals surface area contributed by atoms with Crippen molar-refractivity contribution in [2.45, 2.75) is 13.8 Å². The average molecular weight is 179 g/mol. The average Bonchev–Trinajstić information content (AvgIpc) is 1.81. The molecule has 4 nitrogen and oxygen atoms in total. The predicted octanol–water partition coefficient (Wildman–Crippen LogP) is 1.08. The Kier molecular flexibility index (Phi) is 4.23. The van der Waals surface area contributed by atoms with Crippen LogP contribution in [-0.2, 0) is 9.36 Å². The highest BCUT2D eigenvalue weighted by atomic mass is 31.1. The van der Waals surface area contributed by atoms with Gasteiger partial charge in [0.2, 0.25) is 0 Å². The smallest absolute Gasteiger partial charge is 0.481 e. The Morgan fingerprint density at radius 2 is 2.00 bits per heavy atom. The Bertz CT molecular complexity index is 166. The molecule has 0 aliphatic carbocycles. The quantitative estimate of drug-likeness (QED) is 0.633. The third-order valence-corrected chi connectivity index (χ3v) is 2.18. The zero-order valence-corrected chi connectivity index (χ0v) is 7.41. The van der Waals surface area contributed by atoms with Gasteiger partial charge in [-0.15, -0.1) is 0 Å². The third-order valence-electron chi connectivity index (χ3n) is 1.47. The molecule has 5 heteroatoms. The molecule has 0 rings (SSSR count). The molecule has 2 unspecified atom stereocenters. The van der Waals surface area contributed by atoms with Gasteiger partial charge in [0.1, 0.15) is 5.92 Å². The van der Waals surface area contributed by atoms with Crippen molar-refractivity contribution in [3.63, 3.8) is 0 Å². The molecule has 0 aliphatic rings. The summed E-state index contributed by atoms with van der Waals surface area (Å²) in [6, 6.07) is 0. The van der Waals surface area contributed by atoms with Crippen molar-refractivity contribution in [2.75, 3.05) is 6.16 Å². The van der Waals surface area contributed by atoms with Crippen LogP contribution in [0.3, 0.4) is 0 Å². The summed E-state index contributed by atoms with van der Waals surface area (Å²) in [4.78, 5) is 18.9. The number of rotatable bonds is 4.